The predicted molar refractivity (Wildman–Crippen MR) is 113 cm³/mol. The molecule has 0 spiro atoms. The van der Waals surface area contributed by atoms with E-state index in [2.05, 4.69) is 10.2 Å². The van der Waals surface area contributed by atoms with Crippen molar-refractivity contribution in [2.45, 2.75) is 23.8 Å². The van der Waals surface area contributed by atoms with Gasteiger partial charge in [-0.15, -0.1) is 10.2 Å². The minimum absolute atomic E-state index is 0.147. The number of hydrogen-bond acceptors (Lipinski definition) is 7. The van der Waals surface area contributed by atoms with Crippen LogP contribution in [0.3, 0.4) is 0 Å². The molecule has 1 aromatic heterocycles. The third-order valence-electron chi connectivity index (χ3n) is 4.92. The van der Waals surface area contributed by atoms with Gasteiger partial charge in [0.25, 0.3) is 5.91 Å². The molecule has 162 valence electrons. The van der Waals surface area contributed by atoms with Crippen LogP contribution in [0, 0.1) is 0 Å². The van der Waals surface area contributed by atoms with Gasteiger partial charge in [0.15, 0.2) is 5.82 Å². The third kappa shape index (κ3) is 4.88. The standard InChI is InChI=1S/C20H27N5O4S/c1-23(2)18-11-12-19(22-21-18)29-16-6-5-13-25(14-16)20(26)15-7-9-17(10-8-15)30(27,28)24(3)4/h7-12,16H,5-6,13-14H2,1-4H3. The number of ether oxygens (including phenoxy) is 1. The summed E-state index contributed by atoms with van der Waals surface area (Å²) in [5.74, 6) is 1.02. The Balaban J connectivity index is 1.65. The summed E-state index contributed by atoms with van der Waals surface area (Å²) < 4.78 is 31.4. The van der Waals surface area contributed by atoms with Crippen LogP contribution >= 0.6 is 0 Å². The van der Waals surface area contributed by atoms with E-state index in [4.69, 9.17) is 4.74 Å². The van der Waals surface area contributed by atoms with Crippen LogP contribution in [0.5, 0.6) is 5.88 Å². The van der Waals surface area contributed by atoms with Crippen LogP contribution in [0.4, 0.5) is 5.82 Å². The molecule has 1 aliphatic heterocycles. The van der Waals surface area contributed by atoms with Crippen molar-refractivity contribution in [1.82, 2.24) is 19.4 Å². The Bertz CT molecular complexity index is 975. The first-order chi connectivity index (χ1) is 14.2. The molecule has 30 heavy (non-hydrogen) atoms. The van der Waals surface area contributed by atoms with Crippen LogP contribution in [-0.2, 0) is 10.0 Å². The largest absolute Gasteiger partial charge is 0.471 e. The van der Waals surface area contributed by atoms with Crippen LogP contribution in [0.25, 0.3) is 0 Å². The molecule has 1 amide bonds. The van der Waals surface area contributed by atoms with E-state index in [1.807, 2.05) is 25.1 Å². The number of aromatic nitrogens is 2. The minimum Gasteiger partial charge on any atom is -0.471 e. The third-order valence-corrected chi connectivity index (χ3v) is 6.75. The minimum atomic E-state index is -3.52. The highest BCUT2D eigenvalue weighted by atomic mass is 32.2. The lowest BCUT2D eigenvalue weighted by molar-refractivity contribution is 0.0525. The summed E-state index contributed by atoms with van der Waals surface area (Å²) >= 11 is 0. The van der Waals surface area contributed by atoms with E-state index in [1.54, 1.807) is 23.1 Å². The fraction of sp³-hybridized carbons (Fsp3) is 0.450. The number of carbonyl (C=O) groups is 1. The zero-order valence-electron chi connectivity index (χ0n) is 17.6. The molecule has 1 aliphatic rings. The van der Waals surface area contributed by atoms with Crippen LogP contribution in [0.2, 0.25) is 0 Å². The summed E-state index contributed by atoms with van der Waals surface area (Å²) in [6, 6.07) is 9.62. The Morgan fingerprint density at radius 1 is 1.07 bits per heavy atom. The number of sulfonamides is 1. The molecule has 1 atom stereocenters. The van der Waals surface area contributed by atoms with E-state index in [9.17, 15) is 13.2 Å². The summed E-state index contributed by atoms with van der Waals surface area (Å²) in [7, 11) is 3.20. The molecule has 0 aliphatic carbocycles. The van der Waals surface area contributed by atoms with E-state index >= 15 is 0 Å². The van der Waals surface area contributed by atoms with Crippen molar-refractivity contribution in [3.8, 4) is 5.88 Å². The maximum atomic E-state index is 12.9. The average Bonchev–Trinajstić information content (AvgIpc) is 2.74. The topological polar surface area (TPSA) is 95.9 Å². The number of carbonyl (C=O) groups excluding carboxylic acids is 1. The predicted octanol–water partition coefficient (Wildman–Crippen LogP) is 1.48. The van der Waals surface area contributed by atoms with Crippen LogP contribution < -0.4 is 9.64 Å². The summed E-state index contributed by atoms with van der Waals surface area (Å²) in [5.41, 5.74) is 0.448. The van der Waals surface area contributed by atoms with Crippen LogP contribution in [0.15, 0.2) is 41.3 Å². The fourth-order valence-electron chi connectivity index (χ4n) is 3.17. The highest BCUT2D eigenvalue weighted by molar-refractivity contribution is 7.89. The van der Waals surface area contributed by atoms with Crippen molar-refractivity contribution in [2.75, 3.05) is 46.2 Å². The summed E-state index contributed by atoms with van der Waals surface area (Å²) in [6.45, 7) is 1.06. The van der Waals surface area contributed by atoms with Gasteiger partial charge >= 0.3 is 0 Å². The van der Waals surface area contributed by atoms with Crippen molar-refractivity contribution in [2.24, 2.45) is 0 Å². The Labute approximate surface area is 177 Å². The average molecular weight is 434 g/mol. The molecule has 1 unspecified atom stereocenters. The van der Waals surface area contributed by atoms with Crippen LogP contribution in [0.1, 0.15) is 23.2 Å². The molecular weight excluding hydrogens is 406 g/mol. The Hall–Kier alpha value is -2.72. The number of rotatable bonds is 6. The number of benzene rings is 1. The quantitative estimate of drug-likeness (QED) is 0.681. The lowest BCUT2D eigenvalue weighted by atomic mass is 10.1. The zero-order chi connectivity index (χ0) is 21.9. The Kier molecular flexibility index (Phi) is 6.57. The van der Waals surface area contributed by atoms with Gasteiger partial charge in [0.05, 0.1) is 11.4 Å². The summed E-state index contributed by atoms with van der Waals surface area (Å²) in [6.07, 6.45) is 1.46. The van der Waals surface area contributed by atoms with Gasteiger partial charge in [-0.1, -0.05) is 0 Å². The number of likely N-dealkylation sites (tertiary alicyclic amines) is 1. The molecule has 3 rings (SSSR count). The molecule has 0 N–H and O–H groups in total. The highest BCUT2D eigenvalue weighted by Crippen LogP contribution is 2.20. The van der Waals surface area contributed by atoms with E-state index in [1.165, 1.54) is 26.2 Å². The SMILES string of the molecule is CN(C)c1ccc(OC2CCCN(C(=O)c3ccc(S(=O)(=O)N(C)C)cc3)C2)nn1. The van der Waals surface area contributed by atoms with Gasteiger partial charge < -0.3 is 14.5 Å². The van der Waals surface area contributed by atoms with Crippen LogP contribution in [-0.4, -0.2) is 81.1 Å². The molecule has 10 heteroatoms. The lowest BCUT2D eigenvalue weighted by Gasteiger charge is -2.32. The summed E-state index contributed by atoms with van der Waals surface area (Å²) in [5, 5.41) is 8.19. The number of piperidine rings is 1. The van der Waals surface area contributed by atoms with Gasteiger partial charge in [0.1, 0.15) is 6.10 Å². The molecule has 1 fully saturated rings. The highest BCUT2D eigenvalue weighted by Gasteiger charge is 2.26. The van der Waals surface area contributed by atoms with Crippen molar-refractivity contribution in [3.63, 3.8) is 0 Å². The monoisotopic (exact) mass is 433 g/mol. The van der Waals surface area contributed by atoms with Crippen molar-refractivity contribution >= 4 is 21.7 Å². The van der Waals surface area contributed by atoms with Gasteiger partial charge in [0.2, 0.25) is 15.9 Å². The molecular formula is C20H27N5O4S. The first-order valence-electron chi connectivity index (χ1n) is 9.68. The van der Waals surface area contributed by atoms with E-state index in [-0.39, 0.29) is 16.9 Å². The zero-order valence-corrected chi connectivity index (χ0v) is 18.5. The second kappa shape index (κ2) is 8.97. The maximum Gasteiger partial charge on any atom is 0.253 e. The second-order valence-corrected chi connectivity index (χ2v) is 9.72. The smallest absolute Gasteiger partial charge is 0.253 e. The molecule has 1 aromatic carbocycles. The molecule has 0 bridgehead atoms. The number of hydrogen-bond donors (Lipinski definition) is 0. The van der Waals surface area contributed by atoms with Gasteiger partial charge in [-0.05, 0) is 43.2 Å². The number of amides is 1. The maximum absolute atomic E-state index is 12.9. The molecule has 9 nitrogen and oxygen atoms in total. The lowest BCUT2D eigenvalue weighted by Crippen LogP contribution is -2.44. The second-order valence-electron chi connectivity index (χ2n) is 7.57. The first kappa shape index (κ1) is 22.0. The van der Waals surface area contributed by atoms with E-state index < -0.39 is 10.0 Å². The van der Waals surface area contributed by atoms with Crippen molar-refractivity contribution in [3.05, 3.63) is 42.0 Å². The number of nitrogens with zero attached hydrogens (tertiary/aromatic N) is 5. The molecule has 1 saturated heterocycles. The fourth-order valence-corrected chi connectivity index (χ4v) is 4.07. The van der Waals surface area contributed by atoms with Gasteiger partial charge in [-0.25, -0.2) is 12.7 Å². The molecule has 2 aromatic rings. The molecule has 0 radical (unpaired) electrons. The van der Waals surface area contributed by atoms with Crippen molar-refractivity contribution < 1.29 is 17.9 Å². The summed E-state index contributed by atoms with van der Waals surface area (Å²) in [4.78, 5) is 16.6. The number of anilines is 1. The van der Waals surface area contributed by atoms with E-state index in [0.29, 0.717) is 24.5 Å². The first-order valence-corrected chi connectivity index (χ1v) is 11.1. The van der Waals surface area contributed by atoms with E-state index in [0.717, 1.165) is 23.0 Å². The molecule has 0 saturated carbocycles. The normalized spacial score (nSPS) is 17.1. The van der Waals surface area contributed by atoms with Gasteiger partial charge in [-0.2, -0.15) is 0 Å². The Morgan fingerprint density at radius 2 is 1.77 bits per heavy atom. The van der Waals surface area contributed by atoms with Gasteiger partial charge in [-0.3, -0.25) is 4.79 Å². The van der Waals surface area contributed by atoms with Crippen molar-refractivity contribution in [1.29, 1.82) is 0 Å². The Morgan fingerprint density at radius 3 is 2.33 bits per heavy atom. The molecule has 2 heterocycles. The van der Waals surface area contributed by atoms with Gasteiger partial charge in [0, 0.05) is 46.4 Å².